The fraction of sp³-hybridized carbons (Fsp3) is 0.600. The van der Waals surface area contributed by atoms with Crippen molar-refractivity contribution in [2.45, 2.75) is 30.5 Å². The predicted octanol–water partition coefficient (Wildman–Crippen LogP) is -0.0215. The number of hydrogen-bond donors (Lipinski definition) is 1. The van der Waals surface area contributed by atoms with Gasteiger partial charge in [-0.25, -0.2) is 18.4 Å². The molecular formula is C10H16N4O2S. The van der Waals surface area contributed by atoms with Crippen molar-refractivity contribution in [3.8, 4) is 0 Å². The molecule has 1 aliphatic heterocycles. The third kappa shape index (κ3) is 2.46. The highest BCUT2D eigenvalue weighted by atomic mass is 32.2. The van der Waals surface area contributed by atoms with Crippen LogP contribution in [0.25, 0.3) is 0 Å². The van der Waals surface area contributed by atoms with Crippen LogP contribution in [0.1, 0.15) is 19.3 Å². The van der Waals surface area contributed by atoms with Crippen LogP contribution in [0.3, 0.4) is 0 Å². The standard InChI is InChI=1S/C10H16N4O2S/c11-8-9-4-1-2-7-14(9)17(15,16)10-12-5-3-6-13-10/h3,5-6,9H,1-2,4,7-8,11H2/t9-/m1/s1. The number of piperidine rings is 1. The second-order valence-electron chi connectivity index (χ2n) is 4.03. The molecule has 0 bridgehead atoms. The number of nitrogens with zero attached hydrogens (tertiary/aromatic N) is 3. The first-order valence-corrected chi connectivity index (χ1v) is 7.09. The molecule has 0 saturated carbocycles. The van der Waals surface area contributed by atoms with Crippen LogP contribution in [-0.4, -0.2) is 41.8 Å². The summed E-state index contributed by atoms with van der Waals surface area (Å²) in [6.45, 7) is 0.842. The van der Waals surface area contributed by atoms with E-state index in [4.69, 9.17) is 5.73 Å². The lowest BCUT2D eigenvalue weighted by molar-refractivity contribution is 0.256. The van der Waals surface area contributed by atoms with Crippen molar-refractivity contribution in [1.29, 1.82) is 0 Å². The van der Waals surface area contributed by atoms with Crippen LogP contribution in [0.4, 0.5) is 0 Å². The highest BCUT2D eigenvalue weighted by molar-refractivity contribution is 7.89. The smallest absolute Gasteiger partial charge is 0.279 e. The molecule has 2 rings (SSSR count). The normalized spacial score (nSPS) is 22.5. The maximum atomic E-state index is 12.3. The zero-order chi connectivity index (χ0) is 12.3. The molecule has 0 aliphatic carbocycles. The van der Waals surface area contributed by atoms with Crippen LogP contribution in [0.5, 0.6) is 0 Å². The number of nitrogens with two attached hydrogens (primary N) is 1. The number of rotatable bonds is 3. The molecule has 1 atom stereocenters. The summed E-state index contributed by atoms with van der Waals surface area (Å²) in [5, 5.41) is -0.139. The average molecular weight is 256 g/mol. The third-order valence-corrected chi connectivity index (χ3v) is 4.70. The molecule has 7 heteroatoms. The molecule has 0 spiro atoms. The molecule has 0 radical (unpaired) electrons. The molecule has 0 amide bonds. The summed E-state index contributed by atoms with van der Waals surface area (Å²) in [5.74, 6) is 0. The van der Waals surface area contributed by atoms with Gasteiger partial charge in [-0.15, -0.1) is 0 Å². The van der Waals surface area contributed by atoms with E-state index in [1.54, 1.807) is 6.07 Å². The Morgan fingerprint density at radius 3 is 2.71 bits per heavy atom. The van der Waals surface area contributed by atoms with Gasteiger partial charge in [-0.2, -0.15) is 4.31 Å². The van der Waals surface area contributed by atoms with Gasteiger partial charge in [-0.3, -0.25) is 0 Å². The van der Waals surface area contributed by atoms with E-state index in [1.165, 1.54) is 16.7 Å². The summed E-state index contributed by atoms with van der Waals surface area (Å²) < 4.78 is 26.0. The SMILES string of the molecule is NC[C@H]1CCCCN1S(=O)(=O)c1ncccn1. The Hall–Kier alpha value is -1.05. The summed E-state index contributed by atoms with van der Waals surface area (Å²) in [4.78, 5) is 7.63. The van der Waals surface area contributed by atoms with E-state index in [2.05, 4.69) is 9.97 Å². The molecule has 1 aliphatic rings. The Morgan fingerprint density at radius 2 is 2.06 bits per heavy atom. The maximum Gasteiger partial charge on any atom is 0.279 e. The summed E-state index contributed by atoms with van der Waals surface area (Å²) in [6.07, 6.45) is 5.55. The molecule has 2 heterocycles. The van der Waals surface area contributed by atoms with E-state index in [9.17, 15) is 8.42 Å². The van der Waals surface area contributed by atoms with Crippen molar-refractivity contribution in [3.63, 3.8) is 0 Å². The minimum atomic E-state index is -3.59. The molecule has 1 fully saturated rings. The second kappa shape index (κ2) is 5.07. The first-order valence-electron chi connectivity index (χ1n) is 5.65. The Balaban J connectivity index is 2.31. The summed E-state index contributed by atoms with van der Waals surface area (Å²) in [7, 11) is -3.59. The van der Waals surface area contributed by atoms with Gasteiger partial charge in [0.05, 0.1) is 0 Å². The van der Waals surface area contributed by atoms with E-state index < -0.39 is 10.0 Å². The molecular weight excluding hydrogens is 240 g/mol. The highest BCUT2D eigenvalue weighted by Gasteiger charge is 2.34. The Bertz CT molecular complexity index is 462. The van der Waals surface area contributed by atoms with Gasteiger partial charge in [-0.1, -0.05) is 6.42 Å². The zero-order valence-corrected chi connectivity index (χ0v) is 10.3. The average Bonchev–Trinajstić information content (AvgIpc) is 2.39. The Morgan fingerprint density at radius 1 is 1.35 bits per heavy atom. The fourth-order valence-corrected chi connectivity index (χ4v) is 3.60. The molecule has 6 nitrogen and oxygen atoms in total. The number of aromatic nitrogens is 2. The van der Waals surface area contributed by atoms with E-state index in [1.807, 2.05) is 0 Å². The van der Waals surface area contributed by atoms with Gasteiger partial charge in [0.25, 0.3) is 15.2 Å². The van der Waals surface area contributed by atoms with Gasteiger partial charge in [0.1, 0.15) is 0 Å². The van der Waals surface area contributed by atoms with Crippen LogP contribution in [0, 0.1) is 0 Å². The van der Waals surface area contributed by atoms with Gasteiger partial charge < -0.3 is 5.73 Å². The summed E-state index contributed by atoms with van der Waals surface area (Å²) >= 11 is 0. The van der Waals surface area contributed by atoms with Crippen molar-refractivity contribution in [1.82, 2.24) is 14.3 Å². The quantitative estimate of drug-likeness (QED) is 0.768. The molecule has 2 N–H and O–H groups in total. The third-order valence-electron chi connectivity index (χ3n) is 2.93. The van der Waals surface area contributed by atoms with Gasteiger partial charge in [0, 0.05) is 31.5 Å². The highest BCUT2D eigenvalue weighted by Crippen LogP contribution is 2.22. The van der Waals surface area contributed by atoms with Crippen LogP contribution >= 0.6 is 0 Å². The maximum absolute atomic E-state index is 12.3. The molecule has 17 heavy (non-hydrogen) atoms. The van der Waals surface area contributed by atoms with Crippen LogP contribution < -0.4 is 5.73 Å². The molecule has 1 saturated heterocycles. The lowest BCUT2D eigenvalue weighted by Crippen LogP contribution is -2.47. The lowest BCUT2D eigenvalue weighted by atomic mass is 10.1. The summed E-state index contributed by atoms with van der Waals surface area (Å²) in [6, 6.07) is 1.47. The Kier molecular flexibility index (Phi) is 3.70. The first kappa shape index (κ1) is 12.4. The second-order valence-corrected chi connectivity index (χ2v) is 5.82. The topological polar surface area (TPSA) is 89.2 Å². The van der Waals surface area contributed by atoms with Crippen molar-refractivity contribution >= 4 is 10.0 Å². The first-order chi connectivity index (χ1) is 8.16. The number of hydrogen-bond acceptors (Lipinski definition) is 5. The zero-order valence-electron chi connectivity index (χ0n) is 9.49. The van der Waals surface area contributed by atoms with Crippen LogP contribution in [-0.2, 0) is 10.0 Å². The van der Waals surface area contributed by atoms with E-state index >= 15 is 0 Å². The number of sulfonamides is 1. The van der Waals surface area contributed by atoms with Crippen LogP contribution in [0.15, 0.2) is 23.6 Å². The van der Waals surface area contributed by atoms with E-state index in [0.29, 0.717) is 13.1 Å². The molecule has 0 unspecified atom stereocenters. The monoisotopic (exact) mass is 256 g/mol. The molecule has 1 aromatic heterocycles. The van der Waals surface area contributed by atoms with Crippen LogP contribution in [0.2, 0.25) is 0 Å². The van der Waals surface area contributed by atoms with Gasteiger partial charge in [0.15, 0.2) is 0 Å². The van der Waals surface area contributed by atoms with Crippen molar-refractivity contribution < 1.29 is 8.42 Å². The molecule has 1 aromatic rings. The fourth-order valence-electron chi connectivity index (χ4n) is 2.05. The van der Waals surface area contributed by atoms with Gasteiger partial charge in [-0.05, 0) is 18.9 Å². The predicted molar refractivity (Wildman–Crippen MR) is 62.6 cm³/mol. The largest absolute Gasteiger partial charge is 0.329 e. The minimum Gasteiger partial charge on any atom is -0.329 e. The minimum absolute atomic E-state index is 0.127. The van der Waals surface area contributed by atoms with Gasteiger partial charge in [0.2, 0.25) is 0 Å². The van der Waals surface area contributed by atoms with Crippen molar-refractivity contribution in [2.24, 2.45) is 5.73 Å². The Labute approximate surface area is 101 Å². The van der Waals surface area contributed by atoms with Gasteiger partial charge >= 0.3 is 0 Å². The lowest BCUT2D eigenvalue weighted by Gasteiger charge is -2.33. The van der Waals surface area contributed by atoms with E-state index in [0.717, 1.165) is 19.3 Å². The van der Waals surface area contributed by atoms with E-state index in [-0.39, 0.29) is 11.2 Å². The van der Waals surface area contributed by atoms with Crippen molar-refractivity contribution in [2.75, 3.05) is 13.1 Å². The summed E-state index contributed by atoms with van der Waals surface area (Å²) in [5.41, 5.74) is 5.62. The molecule has 94 valence electrons. The van der Waals surface area contributed by atoms with Crippen molar-refractivity contribution in [3.05, 3.63) is 18.5 Å². The molecule has 0 aromatic carbocycles.